The van der Waals surface area contributed by atoms with Gasteiger partial charge in [0.2, 0.25) is 5.91 Å². The fraction of sp³-hybridized carbons (Fsp3) is 0.373. The van der Waals surface area contributed by atoms with Crippen molar-refractivity contribution in [1.29, 1.82) is 0 Å². The summed E-state index contributed by atoms with van der Waals surface area (Å²) in [5.74, 6) is 0.114. The van der Waals surface area contributed by atoms with E-state index in [1.807, 2.05) is 150 Å². The van der Waals surface area contributed by atoms with Crippen molar-refractivity contribution in [3.63, 3.8) is 0 Å². The molecule has 8 heterocycles. The first-order valence-electron chi connectivity index (χ1n) is 30.8. The molecule has 4 aromatic carbocycles. The number of carbonyl (C=O) groups is 3. The number of carbonyl (C=O) groups excluding carboxylic acids is 2. The number of amides is 1. The van der Waals surface area contributed by atoms with Gasteiger partial charge in [0.1, 0.15) is 5.78 Å². The molecule has 18 heteroatoms. The molecule has 1 amide bonds. The molecule has 12 rings (SSSR count). The highest BCUT2D eigenvalue weighted by Crippen LogP contribution is 2.37. The van der Waals surface area contributed by atoms with Gasteiger partial charge < -0.3 is 29.6 Å². The number of ketones is 1. The van der Waals surface area contributed by atoms with E-state index in [4.69, 9.17) is 51.5 Å². The number of Topliss-reactive ketones (excluding diaryl/α,β-unsaturated/α-hetero) is 1. The summed E-state index contributed by atoms with van der Waals surface area (Å²) in [5.41, 5.74) is 15.2. The molecule has 8 aromatic rings. The molecule has 0 radical (unpaired) electrons. The number of nitrogens with zero attached hydrogens (tertiary/aromatic N) is 9. The van der Waals surface area contributed by atoms with E-state index in [0.29, 0.717) is 39.6 Å². The number of hydrogen-bond donors (Lipinski definition) is 1. The molecule has 4 fully saturated rings. The van der Waals surface area contributed by atoms with Crippen LogP contribution < -0.4 is 14.7 Å². The first kappa shape index (κ1) is 75.1. The molecular weight excluding hydrogens is 1310 g/mol. The predicted octanol–water partition coefficient (Wildman–Crippen LogP) is 18.9. The zero-order valence-corrected chi connectivity index (χ0v) is 56.6. The zero-order valence-electron chi connectivity index (χ0n) is 52.0. The number of halogens is 5. The van der Waals surface area contributed by atoms with Crippen LogP contribution in [0.2, 0.25) is 20.1 Å². The second-order valence-electron chi connectivity index (χ2n) is 23.9. The van der Waals surface area contributed by atoms with Crippen molar-refractivity contribution >= 4 is 97.1 Å². The molecule has 4 aromatic heterocycles. The quantitative estimate of drug-likeness (QED) is 0.139. The van der Waals surface area contributed by atoms with Crippen molar-refractivity contribution in [1.82, 2.24) is 29.7 Å². The number of hydrogen-bond acceptors (Lipinski definition) is 11. The summed E-state index contributed by atoms with van der Waals surface area (Å²) in [6.45, 7) is 18.5. The topological polar surface area (TPSA) is 139 Å². The Labute approximate surface area is 582 Å². The molecule has 0 atom stereocenters. The first-order valence-corrected chi connectivity index (χ1v) is 33.1. The summed E-state index contributed by atoms with van der Waals surface area (Å²) in [4.78, 5) is 64.5. The number of benzene rings is 4. The minimum absolute atomic E-state index is 0. The second kappa shape index (κ2) is 35.6. The van der Waals surface area contributed by atoms with E-state index in [1.165, 1.54) is 0 Å². The standard InChI is InChI=1S/C23H29ClN4O.C19H21ClN2O.C18H19ClN2O2.C12H9BrClN.3CH4.H2/c1-17-3-6-22(25-16-17)20-15-19(4-5-21(20)24)27-9-7-18(8-10-27)23(29)28-13-11-26(2)12-14-28;1-13-3-6-19(21-12-13)17-11-16(4-5-18(17)20)22-9-7-15(8-10-22)14(2)23;1-12-2-5-17(20-11-12)15-10-14(3-4-16(15)19)21-8-6-13(7-9-21)18(22)23;1-8-2-5-12(15-7-8)10-6-9(13)3-4-11(10)14;;;;/h3-6,15-16,18H,7-14H2,1-2H3;3-6,11-12,15H,7-10H2,1-2H3;2-5,10-11,13H,6-9H2,1H3,(H,22,23);2-7H,1H3;3*1H4;1H/i;;;;;;;1+1. The number of likely N-dealkylation sites (N-methyl/N-ethyl adjacent to an activating group) is 1. The molecule has 13 nitrogen and oxygen atoms in total. The van der Waals surface area contributed by atoms with E-state index >= 15 is 0 Å². The number of carboxylic acid groups (broad SMARTS) is 1. The Hall–Kier alpha value is -6.91. The predicted molar refractivity (Wildman–Crippen MR) is 395 cm³/mol. The number of piperazine rings is 1. The number of aromatic nitrogens is 4. The molecule has 4 saturated heterocycles. The molecule has 1 N–H and O–H groups in total. The van der Waals surface area contributed by atoms with Crippen LogP contribution in [0.25, 0.3) is 45.0 Å². The van der Waals surface area contributed by atoms with Gasteiger partial charge in [-0.1, -0.05) is 109 Å². The summed E-state index contributed by atoms with van der Waals surface area (Å²) in [6.07, 6.45) is 12.4. The molecular formula is C75H92BrCl4N9O4. The normalized spacial score (nSPS) is 15.3. The molecule has 0 aliphatic carbocycles. The molecule has 0 saturated carbocycles. The average Bonchev–Trinajstić information content (AvgIpc) is 0.931. The third-order valence-electron chi connectivity index (χ3n) is 17.2. The van der Waals surface area contributed by atoms with E-state index in [0.717, 1.165) is 185 Å². The Balaban J connectivity index is 0.000000229. The number of aryl methyl sites for hydroxylation is 4. The zero-order chi connectivity index (χ0) is 64.0. The largest absolute Gasteiger partial charge is 0.481 e. The van der Waals surface area contributed by atoms with Crippen LogP contribution in [0.3, 0.4) is 0 Å². The minimum Gasteiger partial charge on any atom is -0.481 e. The number of carboxylic acids is 1. The van der Waals surface area contributed by atoms with Gasteiger partial charge in [0.25, 0.3) is 0 Å². The SMILES string of the molecule is C.C.C.CC(=O)C1CCN(c2ccc(Cl)c(-c3ccc(C)cn3)c2)CC1.Cc1ccc(-c2cc(Br)ccc2Cl)nc1.Cc1ccc(-c2cc(N3CCC(C(=O)N4CCN(C)CC4)CC3)ccc2Cl)nc1.Cc1ccc(-c2cc(N3CCC(C(=O)O)CC3)ccc2Cl)nc1.[2HH]. The van der Waals surface area contributed by atoms with Crippen LogP contribution in [0.5, 0.6) is 0 Å². The van der Waals surface area contributed by atoms with Crippen LogP contribution in [-0.2, 0) is 14.4 Å². The van der Waals surface area contributed by atoms with Crippen LogP contribution in [0.1, 0.15) is 91.4 Å². The Kier molecular flexibility index (Phi) is 28.7. The van der Waals surface area contributed by atoms with Gasteiger partial charge in [0.05, 0.1) is 48.8 Å². The number of pyridine rings is 4. The summed E-state index contributed by atoms with van der Waals surface area (Å²) in [7, 11) is 2.12. The van der Waals surface area contributed by atoms with Gasteiger partial charge in [0.15, 0.2) is 0 Å². The van der Waals surface area contributed by atoms with E-state index in [2.05, 4.69) is 91.7 Å². The van der Waals surface area contributed by atoms with Crippen LogP contribution in [0.4, 0.5) is 17.1 Å². The maximum absolute atomic E-state index is 12.9. The van der Waals surface area contributed by atoms with Crippen molar-refractivity contribution < 1.29 is 20.9 Å². The van der Waals surface area contributed by atoms with Crippen LogP contribution in [0, 0.1) is 45.4 Å². The lowest BCUT2D eigenvalue weighted by molar-refractivity contribution is -0.142. The fourth-order valence-corrected chi connectivity index (χ4v) is 12.7. The Morgan fingerprint density at radius 1 is 0.430 bits per heavy atom. The van der Waals surface area contributed by atoms with Crippen molar-refractivity contribution in [2.75, 3.05) is 87.2 Å². The van der Waals surface area contributed by atoms with Gasteiger partial charge in [-0.25, -0.2) is 0 Å². The average molecular weight is 1410 g/mol. The highest BCUT2D eigenvalue weighted by Gasteiger charge is 2.31. The minimum atomic E-state index is -0.690. The molecule has 0 unspecified atom stereocenters. The Bertz CT molecular complexity index is 3600. The third-order valence-corrected chi connectivity index (χ3v) is 19.0. The molecule has 0 spiro atoms. The Morgan fingerprint density at radius 3 is 1.03 bits per heavy atom. The summed E-state index contributed by atoms with van der Waals surface area (Å²) in [6, 6.07) is 40.0. The molecule has 496 valence electrons. The second-order valence-corrected chi connectivity index (χ2v) is 26.4. The van der Waals surface area contributed by atoms with Gasteiger partial charge >= 0.3 is 5.97 Å². The highest BCUT2D eigenvalue weighted by atomic mass is 79.9. The van der Waals surface area contributed by atoms with E-state index < -0.39 is 5.97 Å². The van der Waals surface area contributed by atoms with Crippen molar-refractivity contribution in [2.24, 2.45) is 17.8 Å². The van der Waals surface area contributed by atoms with Crippen LogP contribution in [0.15, 0.2) is 151 Å². The lowest BCUT2D eigenvalue weighted by Crippen LogP contribution is -2.50. The highest BCUT2D eigenvalue weighted by molar-refractivity contribution is 9.10. The third kappa shape index (κ3) is 20.5. The Morgan fingerprint density at radius 2 is 0.731 bits per heavy atom. The van der Waals surface area contributed by atoms with E-state index in [1.54, 1.807) is 6.92 Å². The van der Waals surface area contributed by atoms with Gasteiger partial charge in [0, 0.05) is 147 Å². The van der Waals surface area contributed by atoms with Crippen molar-refractivity contribution in [3.05, 3.63) is 193 Å². The number of aliphatic carboxylic acids is 1. The number of rotatable bonds is 10. The summed E-state index contributed by atoms with van der Waals surface area (Å²) in [5, 5.41) is 11.9. The summed E-state index contributed by atoms with van der Waals surface area (Å²) >= 11 is 28.7. The van der Waals surface area contributed by atoms with Crippen molar-refractivity contribution in [2.45, 2.75) is 95.4 Å². The lowest BCUT2D eigenvalue weighted by Gasteiger charge is -2.38. The van der Waals surface area contributed by atoms with E-state index in [-0.39, 0.29) is 41.5 Å². The smallest absolute Gasteiger partial charge is 0.306 e. The lowest BCUT2D eigenvalue weighted by atomic mass is 9.93. The van der Waals surface area contributed by atoms with Crippen molar-refractivity contribution in [3.8, 4) is 45.0 Å². The fourth-order valence-electron chi connectivity index (χ4n) is 11.5. The number of anilines is 3. The van der Waals surface area contributed by atoms with Gasteiger partial charge in [-0.05, 0) is 200 Å². The molecule has 0 bridgehead atoms. The number of piperidine rings is 3. The van der Waals surface area contributed by atoms with Gasteiger partial charge in [-0.3, -0.25) is 34.3 Å². The van der Waals surface area contributed by atoms with Gasteiger partial charge in [-0.15, -0.1) is 0 Å². The summed E-state index contributed by atoms with van der Waals surface area (Å²) < 4.78 is 1.00. The first-order chi connectivity index (χ1) is 43.3. The maximum atomic E-state index is 12.9. The van der Waals surface area contributed by atoms with Crippen LogP contribution >= 0.6 is 62.3 Å². The molecule has 93 heavy (non-hydrogen) atoms. The molecule has 4 aliphatic heterocycles. The maximum Gasteiger partial charge on any atom is 0.306 e. The van der Waals surface area contributed by atoms with Crippen LogP contribution in [-0.4, -0.2) is 125 Å². The van der Waals surface area contributed by atoms with Gasteiger partial charge in [-0.2, -0.15) is 0 Å². The van der Waals surface area contributed by atoms with E-state index in [9.17, 15) is 14.4 Å². The molecule has 4 aliphatic rings. The monoisotopic (exact) mass is 1400 g/mol.